The maximum absolute atomic E-state index is 12.8. The number of esters is 3. The van der Waals surface area contributed by atoms with Crippen LogP contribution >= 0.6 is 0 Å². The topological polar surface area (TPSA) is 78.9 Å². The summed E-state index contributed by atoms with van der Waals surface area (Å²) in [5.74, 6) is -0.987. The van der Waals surface area contributed by atoms with E-state index < -0.39 is 6.10 Å². The predicted octanol–water partition coefficient (Wildman–Crippen LogP) is 16.9. The second-order valence-electron chi connectivity index (χ2n) is 16.3. The molecule has 0 bridgehead atoms. The highest BCUT2D eigenvalue weighted by atomic mass is 16.6. The van der Waals surface area contributed by atoms with Crippen LogP contribution in [0.3, 0.4) is 0 Å². The van der Waals surface area contributed by atoms with Gasteiger partial charge < -0.3 is 14.2 Å². The summed E-state index contributed by atoms with van der Waals surface area (Å²) in [6.07, 6.45) is 70.5. The summed E-state index contributed by atoms with van der Waals surface area (Å²) in [5.41, 5.74) is 0. The molecular weight excluding hydrogens is 793 g/mol. The van der Waals surface area contributed by atoms with Crippen molar-refractivity contribution in [2.45, 2.75) is 213 Å². The van der Waals surface area contributed by atoms with Crippen molar-refractivity contribution >= 4 is 17.9 Å². The second kappa shape index (κ2) is 51.4. The van der Waals surface area contributed by atoms with Crippen LogP contribution in [0.4, 0.5) is 0 Å². The lowest BCUT2D eigenvalue weighted by molar-refractivity contribution is -0.167. The van der Waals surface area contributed by atoms with E-state index >= 15 is 0 Å². The summed E-state index contributed by atoms with van der Waals surface area (Å²) in [4.78, 5) is 37.8. The molecule has 0 fully saturated rings. The summed E-state index contributed by atoms with van der Waals surface area (Å²) >= 11 is 0. The fourth-order valence-electron chi connectivity index (χ4n) is 6.43. The van der Waals surface area contributed by atoms with Crippen molar-refractivity contribution in [1.82, 2.24) is 0 Å². The fourth-order valence-corrected chi connectivity index (χ4v) is 6.43. The summed E-state index contributed by atoms with van der Waals surface area (Å²) < 4.78 is 16.7. The Balaban J connectivity index is 4.45. The first-order valence-corrected chi connectivity index (χ1v) is 25.5. The largest absolute Gasteiger partial charge is 0.462 e. The molecule has 360 valence electrons. The number of allylic oxidation sites excluding steroid dienone is 20. The van der Waals surface area contributed by atoms with Crippen LogP contribution in [-0.2, 0) is 28.6 Å². The Morgan fingerprint density at radius 1 is 0.328 bits per heavy atom. The minimum absolute atomic E-state index is 0.105. The Morgan fingerprint density at radius 2 is 0.609 bits per heavy atom. The Kier molecular flexibility index (Phi) is 48.1. The molecule has 0 aliphatic carbocycles. The second-order valence-corrected chi connectivity index (χ2v) is 16.3. The van der Waals surface area contributed by atoms with Crippen molar-refractivity contribution in [3.8, 4) is 0 Å². The van der Waals surface area contributed by atoms with E-state index in [1.165, 1.54) is 32.1 Å². The monoisotopic (exact) mass is 885 g/mol. The standard InChI is InChI=1S/C58H92O6/c1-4-7-10-13-16-19-21-23-25-27-28-29-30-32-33-35-37-39-42-45-48-51-57(60)63-54-55(53-62-56(59)50-47-44-41-18-15-12-9-6-3)64-58(61)52-49-46-43-40-38-36-34-31-26-24-22-20-17-14-11-8-5-2/h7-8,10-11,16-17,19-20,23-26,28-29,32-34,36-37,39,55H,4-6,9,12-15,18,21-22,27,30-31,35,38,40-54H2,1-3H3/b10-7-,11-8-,19-16-,20-17-,25-23-,26-24-,29-28-,33-32-,36-34-,39-37-. The van der Waals surface area contributed by atoms with Crippen molar-refractivity contribution in [3.05, 3.63) is 122 Å². The molecule has 0 saturated heterocycles. The van der Waals surface area contributed by atoms with Crippen molar-refractivity contribution < 1.29 is 28.6 Å². The van der Waals surface area contributed by atoms with Crippen LogP contribution in [0.2, 0.25) is 0 Å². The highest BCUT2D eigenvalue weighted by Gasteiger charge is 2.19. The third-order valence-electron chi connectivity index (χ3n) is 10.2. The van der Waals surface area contributed by atoms with Crippen molar-refractivity contribution in [2.24, 2.45) is 0 Å². The van der Waals surface area contributed by atoms with E-state index in [1.54, 1.807) is 0 Å². The number of carbonyl (C=O) groups is 3. The van der Waals surface area contributed by atoms with Gasteiger partial charge in [0.15, 0.2) is 6.10 Å². The smallest absolute Gasteiger partial charge is 0.306 e. The molecule has 0 amide bonds. The van der Waals surface area contributed by atoms with Gasteiger partial charge in [0.05, 0.1) is 0 Å². The van der Waals surface area contributed by atoms with Gasteiger partial charge in [-0.25, -0.2) is 0 Å². The minimum atomic E-state index is -0.809. The van der Waals surface area contributed by atoms with Gasteiger partial charge in [-0.2, -0.15) is 0 Å². The van der Waals surface area contributed by atoms with E-state index in [0.717, 1.165) is 128 Å². The van der Waals surface area contributed by atoms with Crippen LogP contribution in [0.25, 0.3) is 0 Å². The van der Waals surface area contributed by atoms with Gasteiger partial charge in [-0.3, -0.25) is 14.4 Å². The Labute approximate surface area is 392 Å². The van der Waals surface area contributed by atoms with Crippen LogP contribution < -0.4 is 0 Å². The van der Waals surface area contributed by atoms with Crippen LogP contribution in [0.1, 0.15) is 207 Å². The van der Waals surface area contributed by atoms with Gasteiger partial charge in [-0.15, -0.1) is 0 Å². The van der Waals surface area contributed by atoms with Gasteiger partial charge in [-0.05, 0) is 109 Å². The molecule has 6 heteroatoms. The third-order valence-corrected chi connectivity index (χ3v) is 10.2. The van der Waals surface area contributed by atoms with Gasteiger partial charge in [0, 0.05) is 19.3 Å². The number of hydrogen-bond acceptors (Lipinski definition) is 6. The zero-order valence-corrected chi connectivity index (χ0v) is 41.0. The summed E-state index contributed by atoms with van der Waals surface area (Å²) in [6.45, 7) is 6.30. The van der Waals surface area contributed by atoms with E-state index in [9.17, 15) is 14.4 Å². The van der Waals surface area contributed by atoms with Crippen molar-refractivity contribution in [2.75, 3.05) is 13.2 Å². The van der Waals surface area contributed by atoms with E-state index in [0.29, 0.717) is 19.3 Å². The number of carbonyl (C=O) groups excluding carboxylic acids is 3. The summed E-state index contributed by atoms with van der Waals surface area (Å²) in [7, 11) is 0. The van der Waals surface area contributed by atoms with Gasteiger partial charge in [-0.1, -0.05) is 200 Å². The molecule has 0 N–H and O–H groups in total. The molecule has 1 unspecified atom stereocenters. The van der Waals surface area contributed by atoms with Gasteiger partial charge in [0.2, 0.25) is 0 Å². The molecule has 0 aliphatic heterocycles. The predicted molar refractivity (Wildman–Crippen MR) is 274 cm³/mol. The Hall–Kier alpha value is -4.19. The molecule has 0 aromatic heterocycles. The van der Waals surface area contributed by atoms with Crippen LogP contribution in [0.5, 0.6) is 0 Å². The molecule has 0 aromatic carbocycles. The van der Waals surface area contributed by atoms with Crippen molar-refractivity contribution in [3.63, 3.8) is 0 Å². The number of unbranched alkanes of at least 4 members (excludes halogenated alkanes) is 13. The zero-order valence-electron chi connectivity index (χ0n) is 41.0. The van der Waals surface area contributed by atoms with E-state index in [4.69, 9.17) is 14.2 Å². The quantitative estimate of drug-likeness (QED) is 0.0262. The SMILES string of the molecule is CC/C=C\C/C=C\C/C=C\C/C=C\C/C=C\C/C=C\CCCCC(=O)OCC(COC(=O)CCCCCCCCCC)OC(=O)CCCCCC/C=C\C/C=C\C/C=C\C/C=C\CC. The normalized spacial score (nSPS) is 13.1. The van der Waals surface area contributed by atoms with Crippen molar-refractivity contribution in [1.29, 1.82) is 0 Å². The molecule has 1 atom stereocenters. The Morgan fingerprint density at radius 3 is 0.984 bits per heavy atom. The highest BCUT2D eigenvalue weighted by Crippen LogP contribution is 2.12. The molecular formula is C58H92O6. The molecule has 0 saturated carbocycles. The average molecular weight is 885 g/mol. The first kappa shape index (κ1) is 59.8. The Bertz CT molecular complexity index is 1390. The highest BCUT2D eigenvalue weighted by molar-refractivity contribution is 5.71. The first-order chi connectivity index (χ1) is 31.5. The summed E-state index contributed by atoms with van der Waals surface area (Å²) in [6, 6.07) is 0. The zero-order chi connectivity index (χ0) is 46.5. The molecule has 0 heterocycles. The van der Waals surface area contributed by atoms with Crippen LogP contribution in [0, 0.1) is 0 Å². The lowest BCUT2D eigenvalue weighted by atomic mass is 10.1. The lowest BCUT2D eigenvalue weighted by Gasteiger charge is -2.18. The number of rotatable bonds is 44. The van der Waals surface area contributed by atoms with E-state index in [-0.39, 0.29) is 37.5 Å². The van der Waals surface area contributed by atoms with E-state index in [2.05, 4.69) is 142 Å². The number of hydrogen-bond donors (Lipinski definition) is 0. The molecule has 0 aliphatic rings. The minimum Gasteiger partial charge on any atom is -0.462 e. The van der Waals surface area contributed by atoms with Gasteiger partial charge in [0.25, 0.3) is 0 Å². The maximum atomic E-state index is 12.8. The molecule has 0 rings (SSSR count). The number of ether oxygens (including phenoxy) is 3. The first-order valence-electron chi connectivity index (χ1n) is 25.5. The molecule has 0 spiro atoms. The summed E-state index contributed by atoms with van der Waals surface area (Å²) in [5, 5.41) is 0. The third kappa shape index (κ3) is 48.8. The van der Waals surface area contributed by atoms with E-state index in [1.807, 2.05) is 0 Å². The van der Waals surface area contributed by atoms with Gasteiger partial charge >= 0.3 is 17.9 Å². The maximum Gasteiger partial charge on any atom is 0.306 e. The van der Waals surface area contributed by atoms with Crippen LogP contribution in [-0.4, -0.2) is 37.2 Å². The molecule has 0 aromatic rings. The molecule has 6 nitrogen and oxygen atoms in total. The molecule has 0 radical (unpaired) electrons. The average Bonchev–Trinajstić information content (AvgIpc) is 3.29. The lowest BCUT2D eigenvalue weighted by Crippen LogP contribution is -2.30. The fraction of sp³-hybridized carbons (Fsp3) is 0.603. The van der Waals surface area contributed by atoms with Crippen LogP contribution in [0.15, 0.2) is 122 Å². The van der Waals surface area contributed by atoms with Gasteiger partial charge in [0.1, 0.15) is 13.2 Å². The molecule has 64 heavy (non-hydrogen) atoms.